The molecule has 3 aromatic carbocycles. The van der Waals surface area contributed by atoms with Crippen LogP contribution in [0.2, 0.25) is 0 Å². The Labute approximate surface area is 169 Å². The van der Waals surface area contributed by atoms with Gasteiger partial charge in [0.05, 0.1) is 12.2 Å². The van der Waals surface area contributed by atoms with Gasteiger partial charge in [0.1, 0.15) is 0 Å². The molecule has 0 spiro atoms. The molecule has 0 unspecified atom stereocenters. The van der Waals surface area contributed by atoms with Gasteiger partial charge in [0.15, 0.2) is 5.78 Å². The quantitative estimate of drug-likeness (QED) is 0.509. The lowest BCUT2D eigenvalue weighted by molar-refractivity contribution is -0.115. The van der Waals surface area contributed by atoms with Crippen molar-refractivity contribution in [3.8, 4) is 11.1 Å². The molecule has 0 aromatic heterocycles. The van der Waals surface area contributed by atoms with Gasteiger partial charge in [0.25, 0.3) is 5.91 Å². The Morgan fingerprint density at radius 1 is 0.821 bits per heavy atom. The van der Waals surface area contributed by atoms with Crippen molar-refractivity contribution in [3.05, 3.63) is 87.9 Å². The zero-order valence-corrected chi connectivity index (χ0v) is 16.2. The summed E-state index contributed by atoms with van der Waals surface area (Å²) in [6.07, 6.45) is 0. The first-order chi connectivity index (χ1) is 13.5. The van der Waals surface area contributed by atoms with Crippen LogP contribution in [-0.4, -0.2) is 24.1 Å². The number of hydrogen-bond acceptors (Lipinski definition) is 3. The van der Waals surface area contributed by atoms with Gasteiger partial charge < -0.3 is 10.6 Å². The molecule has 1 aliphatic rings. The molecule has 0 fully saturated rings. The Balaban J connectivity index is 1.45. The Bertz CT molecular complexity index is 1120. The van der Waals surface area contributed by atoms with E-state index in [4.69, 9.17) is 0 Å². The van der Waals surface area contributed by atoms with Crippen LogP contribution >= 0.6 is 15.9 Å². The summed E-state index contributed by atoms with van der Waals surface area (Å²) < 4.78 is 0.756. The van der Waals surface area contributed by atoms with E-state index in [2.05, 4.69) is 26.6 Å². The molecule has 0 saturated heterocycles. The van der Waals surface area contributed by atoms with Crippen molar-refractivity contribution in [1.82, 2.24) is 5.32 Å². The second-order valence-electron chi connectivity index (χ2n) is 6.35. The van der Waals surface area contributed by atoms with Crippen LogP contribution < -0.4 is 10.6 Å². The summed E-state index contributed by atoms with van der Waals surface area (Å²) in [4.78, 5) is 37.1. The average molecular weight is 435 g/mol. The van der Waals surface area contributed by atoms with Gasteiger partial charge in [-0.05, 0) is 51.3 Å². The topological polar surface area (TPSA) is 75.3 Å². The summed E-state index contributed by atoms with van der Waals surface area (Å²) in [6.45, 7) is -0.175. The maximum Gasteiger partial charge on any atom is 0.251 e. The van der Waals surface area contributed by atoms with Gasteiger partial charge in [-0.25, -0.2) is 0 Å². The molecule has 1 aliphatic carbocycles. The number of amides is 2. The molecule has 2 amide bonds. The average Bonchev–Trinajstić information content (AvgIpc) is 3.00. The monoisotopic (exact) mass is 434 g/mol. The number of ketones is 1. The Kier molecular flexibility index (Phi) is 4.79. The van der Waals surface area contributed by atoms with Crippen molar-refractivity contribution in [2.24, 2.45) is 0 Å². The number of para-hydroxylation sites is 1. The summed E-state index contributed by atoms with van der Waals surface area (Å²) in [5.74, 6) is -0.842. The van der Waals surface area contributed by atoms with Crippen LogP contribution in [0.25, 0.3) is 11.1 Å². The Morgan fingerprint density at radius 3 is 2.29 bits per heavy atom. The van der Waals surface area contributed by atoms with Crippen LogP contribution in [0.4, 0.5) is 5.69 Å². The molecule has 2 N–H and O–H groups in total. The van der Waals surface area contributed by atoms with Crippen LogP contribution in [-0.2, 0) is 4.79 Å². The highest BCUT2D eigenvalue weighted by Gasteiger charge is 2.27. The molecular formula is C22H15BrN2O3. The first kappa shape index (κ1) is 18.1. The van der Waals surface area contributed by atoms with E-state index in [0.717, 1.165) is 15.6 Å². The summed E-state index contributed by atoms with van der Waals surface area (Å²) in [5.41, 5.74) is 3.82. The van der Waals surface area contributed by atoms with E-state index < -0.39 is 5.91 Å². The molecule has 0 atom stereocenters. The molecule has 0 heterocycles. The molecule has 0 aliphatic heterocycles. The second kappa shape index (κ2) is 7.40. The van der Waals surface area contributed by atoms with Gasteiger partial charge in [-0.15, -0.1) is 0 Å². The first-order valence-corrected chi connectivity index (χ1v) is 9.44. The minimum atomic E-state index is -0.408. The number of fused-ring (bicyclic) bond motifs is 3. The highest BCUT2D eigenvalue weighted by molar-refractivity contribution is 9.10. The van der Waals surface area contributed by atoms with Crippen LogP contribution in [0.1, 0.15) is 26.3 Å². The van der Waals surface area contributed by atoms with Crippen LogP contribution in [0.3, 0.4) is 0 Å². The number of hydrogen-bond donors (Lipinski definition) is 2. The van der Waals surface area contributed by atoms with Crippen LogP contribution in [0, 0.1) is 0 Å². The third kappa shape index (κ3) is 3.34. The standard InChI is InChI=1S/C22H15BrN2O3/c23-18-7-3-4-8-19(18)25-20(26)12-24-22(28)13-9-10-15-14-5-1-2-6-16(14)21(27)17(15)11-13/h1-11H,12H2,(H,24,28)(H,25,26). The maximum atomic E-state index is 12.6. The third-order valence-corrected chi connectivity index (χ3v) is 5.24. The fraction of sp³-hybridized carbons (Fsp3) is 0.0455. The van der Waals surface area contributed by atoms with E-state index in [1.165, 1.54) is 0 Å². The Hall–Kier alpha value is -3.25. The SMILES string of the molecule is O=C(CNC(=O)c1ccc2c(c1)C(=O)c1ccccc1-2)Nc1ccccc1Br. The fourth-order valence-corrected chi connectivity index (χ4v) is 3.57. The van der Waals surface area contributed by atoms with Gasteiger partial charge in [-0.3, -0.25) is 14.4 Å². The van der Waals surface area contributed by atoms with E-state index in [0.29, 0.717) is 22.4 Å². The normalized spacial score (nSPS) is 11.5. The van der Waals surface area contributed by atoms with Gasteiger partial charge in [0.2, 0.25) is 5.91 Å². The highest BCUT2D eigenvalue weighted by atomic mass is 79.9. The fourth-order valence-electron chi connectivity index (χ4n) is 3.19. The number of carbonyl (C=O) groups is 3. The zero-order chi connectivity index (χ0) is 19.7. The van der Waals surface area contributed by atoms with Crippen molar-refractivity contribution in [2.45, 2.75) is 0 Å². The number of nitrogens with one attached hydrogen (secondary N) is 2. The van der Waals surface area contributed by atoms with Crippen LogP contribution in [0.5, 0.6) is 0 Å². The summed E-state index contributed by atoms with van der Waals surface area (Å²) in [6, 6.07) is 19.6. The molecule has 4 rings (SSSR count). The molecule has 3 aromatic rings. The summed E-state index contributed by atoms with van der Waals surface area (Å²) >= 11 is 3.35. The van der Waals surface area contributed by atoms with Gasteiger partial charge >= 0.3 is 0 Å². The minimum absolute atomic E-state index is 0.0908. The molecule has 6 heteroatoms. The summed E-state index contributed by atoms with van der Waals surface area (Å²) in [5, 5.41) is 5.31. The van der Waals surface area contributed by atoms with E-state index in [-0.39, 0.29) is 18.2 Å². The van der Waals surface area contributed by atoms with Gasteiger partial charge in [0, 0.05) is 21.2 Å². The number of halogens is 1. The van der Waals surface area contributed by atoms with Crippen LogP contribution in [0.15, 0.2) is 71.2 Å². The van der Waals surface area contributed by atoms with Crippen molar-refractivity contribution in [1.29, 1.82) is 0 Å². The van der Waals surface area contributed by atoms with E-state index >= 15 is 0 Å². The smallest absolute Gasteiger partial charge is 0.251 e. The van der Waals surface area contributed by atoms with Crippen molar-refractivity contribution < 1.29 is 14.4 Å². The number of rotatable bonds is 4. The van der Waals surface area contributed by atoms with Crippen molar-refractivity contribution in [3.63, 3.8) is 0 Å². The number of benzene rings is 3. The molecular weight excluding hydrogens is 420 g/mol. The molecule has 0 radical (unpaired) electrons. The third-order valence-electron chi connectivity index (χ3n) is 4.55. The Morgan fingerprint density at radius 2 is 1.50 bits per heavy atom. The number of anilines is 1. The lowest BCUT2D eigenvalue weighted by Gasteiger charge is -2.09. The lowest BCUT2D eigenvalue weighted by atomic mass is 10.0. The maximum absolute atomic E-state index is 12.6. The van der Waals surface area contributed by atoms with Crippen molar-refractivity contribution >= 4 is 39.2 Å². The molecule has 138 valence electrons. The van der Waals surface area contributed by atoms with Crippen molar-refractivity contribution in [2.75, 3.05) is 11.9 Å². The second-order valence-corrected chi connectivity index (χ2v) is 7.20. The first-order valence-electron chi connectivity index (χ1n) is 8.65. The molecule has 0 bridgehead atoms. The van der Waals surface area contributed by atoms with E-state index in [9.17, 15) is 14.4 Å². The largest absolute Gasteiger partial charge is 0.343 e. The zero-order valence-electron chi connectivity index (χ0n) is 14.7. The molecule has 0 saturated carbocycles. The molecule has 5 nitrogen and oxygen atoms in total. The highest BCUT2D eigenvalue weighted by Crippen LogP contribution is 2.36. The lowest BCUT2D eigenvalue weighted by Crippen LogP contribution is -2.33. The van der Waals surface area contributed by atoms with E-state index in [1.54, 1.807) is 36.4 Å². The van der Waals surface area contributed by atoms with Gasteiger partial charge in [-0.2, -0.15) is 0 Å². The predicted molar refractivity (Wildman–Crippen MR) is 110 cm³/mol. The predicted octanol–water partition coefficient (Wildman–Crippen LogP) is 4.03. The molecule has 28 heavy (non-hydrogen) atoms. The summed E-state index contributed by atoms with van der Waals surface area (Å²) in [7, 11) is 0. The minimum Gasteiger partial charge on any atom is -0.343 e. The van der Waals surface area contributed by atoms with E-state index in [1.807, 2.05) is 30.3 Å². The van der Waals surface area contributed by atoms with Gasteiger partial charge in [-0.1, -0.05) is 42.5 Å². The number of carbonyl (C=O) groups excluding carboxylic acids is 3.